The molecule has 0 aliphatic heterocycles. The summed E-state index contributed by atoms with van der Waals surface area (Å²) in [6.45, 7) is 0. The quantitative estimate of drug-likeness (QED) is 0.741. The molecule has 0 spiro atoms. The maximum Gasteiger partial charge on any atom is 0.234 e. The highest BCUT2D eigenvalue weighted by atomic mass is 79.9. The molecular formula is C20H17BrO5. The van der Waals surface area contributed by atoms with Gasteiger partial charge in [-0.05, 0) is 36.6 Å². The van der Waals surface area contributed by atoms with Gasteiger partial charge in [0, 0.05) is 21.7 Å². The molecule has 0 atom stereocenters. The third-order valence-corrected chi connectivity index (χ3v) is 4.88. The molecule has 0 amide bonds. The molecule has 5 nitrogen and oxygen atoms in total. The number of hydrogen-bond acceptors (Lipinski definition) is 5. The molecule has 0 heterocycles. The van der Waals surface area contributed by atoms with Gasteiger partial charge in [0.2, 0.25) is 11.6 Å². The lowest BCUT2D eigenvalue weighted by molar-refractivity contribution is -0.112. The van der Waals surface area contributed by atoms with E-state index in [2.05, 4.69) is 15.9 Å². The summed E-state index contributed by atoms with van der Waals surface area (Å²) in [5.41, 5.74) is 1.44. The van der Waals surface area contributed by atoms with Crippen molar-refractivity contribution in [1.82, 2.24) is 0 Å². The topological polar surface area (TPSA) is 72.8 Å². The number of allylic oxidation sites excluding steroid dienone is 1. The Balaban J connectivity index is 2.01. The van der Waals surface area contributed by atoms with Crippen molar-refractivity contribution in [2.45, 2.75) is 12.8 Å². The van der Waals surface area contributed by atoms with Crippen LogP contribution < -0.4 is 9.47 Å². The molecule has 0 saturated carbocycles. The third kappa shape index (κ3) is 3.24. The fourth-order valence-corrected chi connectivity index (χ4v) is 3.23. The number of methoxy groups -OCH3 is 2. The largest absolute Gasteiger partial charge is 0.507 e. The van der Waals surface area contributed by atoms with Crippen LogP contribution in [0.3, 0.4) is 0 Å². The lowest BCUT2D eigenvalue weighted by Crippen LogP contribution is -2.25. The summed E-state index contributed by atoms with van der Waals surface area (Å²) in [6.07, 6.45) is 0.784. The van der Waals surface area contributed by atoms with E-state index in [1.54, 1.807) is 6.07 Å². The number of halogens is 1. The molecule has 0 saturated heterocycles. The Labute approximate surface area is 159 Å². The predicted molar refractivity (Wildman–Crippen MR) is 101 cm³/mol. The maximum atomic E-state index is 12.6. The van der Waals surface area contributed by atoms with E-state index < -0.39 is 11.6 Å². The van der Waals surface area contributed by atoms with Crippen LogP contribution in [0.15, 0.2) is 46.4 Å². The van der Waals surface area contributed by atoms with Gasteiger partial charge in [-0.1, -0.05) is 28.1 Å². The van der Waals surface area contributed by atoms with Crippen LogP contribution in [0, 0.1) is 0 Å². The van der Waals surface area contributed by atoms with E-state index in [4.69, 9.17) is 9.47 Å². The molecular weight excluding hydrogens is 400 g/mol. The maximum absolute atomic E-state index is 12.6. The Morgan fingerprint density at radius 1 is 0.962 bits per heavy atom. The average molecular weight is 417 g/mol. The van der Waals surface area contributed by atoms with E-state index in [1.165, 1.54) is 20.3 Å². The number of ketones is 2. The van der Waals surface area contributed by atoms with Crippen LogP contribution in [0.2, 0.25) is 0 Å². The van der Waals surface area contributed by atoms with Gasteiger partial charge in [-0.3, -0.25) is 9.59 Å². The summed E-state index contributed by atoms with van der Waals surface area (Å²) in [7, 11) is 2.89. The van der Waals surface area contributed by atoms with Crippen molar-refractivity contribution in [2.24, 2.45) is 0 Å². The zero-order chi connectivity index (χ0) is 18.8. The van der Waals surface area contributed by atoms with Crippen molar-refractivity contribution < 1.29 is 24.2 Å². The zero-order valence-corrected chi connectivity index (χ0v) is 15.9. The van der Waals surface area contributed by atoms with Crippen molar-refractivity contribution in [3.05, 3.63) is 63.1 Å². The molecule has 3 rings (SSSR count). The summed E-state index contributed by atoms with van der Waals surface area (Å²) in [5.74, 6) is -0.892. The Bertz CT molecular complexity index is 913. The molecule has 2 aromatic rings. The molecule has 0 radical (unpaired) electrons. The summed E-state index contributed by atoms with van der Waals surface area (Å²) < 4.78 is 11.4. The SMILES string of the molecule is COc1cc(OC)c2c(c1)C(=O)C(=O)C(CCc1ccc(Br)cc1)=C2O. The van der Waals surface area contributed by atoms with Crippen molar-refractivity contribution in [3.63, 3.8) is 0 Å². The molecule has 2 aromatic carbocycles. The molecule has 0 fully saturated rings. The predicted octanol–water partition coefficient (Wildman–Crippen LogP) is 4.13. The monoisotopic (exact) mass is 416 g/mol. The number of ether oxygens (including phenoxy) is 2. The second-order valence-corrected chi connectivity index (χ2v) is 6.78. The molecule has 1 aliphatic carbocycles. The van der Waals surface area contributed by atoms with Crippen LogP contribution in [0.4, 0.5) is 0 Å². The molecule has 1 N–H and O–H groups in total. The molecule has 1 aliphatic rings. The summed E-state index contributed by atoms with van der Waals surface area (Å²) >= 11 is 3.37. The van der Waals surface area contributed by atoms with Gasteiger partial charge in [0.15, 0.2) is 0 Å². The molecule has 26 heavy (non-hydrogen) atoms. The second-order valence-electron chi connectivity index (χ2n) is 5.86. The normalized spacial score (nSPS) is 13.7. The Hall–Kier alpha value is -2.60. The van der Waals surface area contributed by atoms with Gasteiger partial charge in [0.25, 0.3) is 0 Å². The number of carbonyl (C=O) groups excluding carboxylic acids is 2. The number of aryl methyl sites for hydroxylation is 1. The number of carbonyl (C=O) groups is 2. The Kier molecular flexibility index (Phi) is 5.13. The van der Waals surface area contributed by atoms with E-state index in [0.29, 0.717) is 17.9 Å². The Morgan fingerprint density at radius 3 is 2.27 bits per heavy atom. The molecule has 0 aromatic heterocycles. The summed E-state index contributed by atoms with van der Waals surface area (Å²) in [5, 5.41) is 10.7. The van der Waals surface area contributed by atoms with Gasteiger partial charge in [-0.25, -0.2) is 0 Å². The van der Waals surface area contributed by atoms with E-state index >= 15 is 0 Å². The number of Topliss-reactive ketones (excluding diaryl/α,β-unsaturated/α-hetero) is 2. The van der Waals surface area contributed by atoms with E-state index in [-0.39, 0.29) is 28.9 Å². The molecule has 0 bridgehead atoms. The lowest BCUT2D eigenvalue weighted by atomic mass is 9.85. The summed E-state index contributed by atoms with van der Waals surface area (Å²) in [6, 6.07) is 10.7. The van der Waals surface area contributed by atoms with Gasteiger partial charge < -0.3 is 14.6 Å². The number of hydrogen-bond donors (Lipinski definition) is 1. The fraction of sp³-hybridized carbons (Fsp3) is 0.200. The van der Waals surface area contributed by atoms with Crippen molar-refractivity contribution in [1.29, 1.82) is 0 Å². The average Bonchev–Trinajstić information content (AvgIpc) is 2.66. The minimum absolute atomic E-state index is 0.0936. The zero-order valence-electron chi connectivity index (χ0n) is 14.3. The molecule has 0 unspecified atom stereocenters. The van der Waals surface area contributed by atoms with Crippen LogP contribution in [0.25, 0.3) is 5.76 Å². The van der Waals surface area contributed by atoms with E-state index in [9.17, 15) is 14.7 Å². The minimum Gasteiger partial charge on any atom is -0.507 e. The van der Waals surface area contributed by atoms with E-state index in [1.807, 2.05) is 24.3 Å². The Morgan fingerprint density at radius 2 is 1.65 bits per heavy atom. The number of rotatable bonds is 5. The van der Waals surface area contributed by atoms with Crippen molar-refractivity contribution in [3.8, 4) is 11.5 Å². The number of benzene rings is 2. The van der Waals surface area contributed by atoms with Gasteiger partial charge in [0.1, 0.15) is 17.3 Å². The molecule has 134 valence electrons. The van der Waals surface area contributed by atoms with Crippen LogP contribution in [-0.2, 0) is 11.2 Å². The van der Waals surface area contributed by atoms with Gasteiger partial charge in [-0.15, -0.1) is 0 Å². The highest BCUT2D eigenvalue weighted by Crippen LogP contribution is 2.39. The van der Waals surface area contributed by atoms with Gasteiger partial charge >= 0.3 is 0 Å². The van der Waals surface area contributed by atoms with E-state index in [0.717, 1.165) is 10.0 Å². The number of aliphatic hydroxyl groups excluding tert-OH is 1. The smallest absolute Gasteiger partial charge is 0.234 e. The first kappa shape index (κ1) is 18.2. The molecule has 6 heteroatoms. The fourth-order valence-electron chi connectivity index (χ4n) is 2.96. The minimum atomic E-state index is -0.692. The second kappa shape index (κ2) is 7.33. The van der Waals surface area contributed by atoms with Crippen molar-refractivity contribution in [2.75, 3.05) is 14.2 Å². The number of aliphatic hydroxyl groups is 1. The van der Waals surface area contributed by atoms with Crippen LogP contribution in [0.1, 0.15) is 27.9 Å². The first-order chi connectivity index (χ1) is 12.5. The summed E-state index contributed by atoms with van der Waals surface area (Å²) in [4.78, 5) is 25.1. The van der Waals surface area contributed by atoms with Crippen molar-refractivity contribution >= 4 is 33.3 Å². The van der Waals surface area contributed by atoms with Gasteiger partial charge in [0.05, 0.1) is 19.8 Å². The third-order valence-electron chi connectivity index (χ3n) is 4.36. The number of fused-ring (bicyclic) bond motifs is 1. The first-order valence-corrected chi connectivity index (χ1v) is 8.77. The highest BCUT2D eigenvalue weighted by Gasteiger charge is 2.35. The van der Waals surface area contributed by atoms with Crippen LogP contribution >= 0.6 is 15.9 Å². The highest BCUT2D eigenvalue weighted by molar-refractivity contribution is 9.10. The van der Waals surface area contributed by atoms with Gasteiger partial charge in [-0.2, -0.15) is 0 Å². The van der Waals surface area contributed by atoms with Crippen LogP contribution in [-0.4, -0.2) is 30.9 Å². The van der Waals surface area contributed by atoms with Crippen LogP contribution in [0.5, 0.6) is 11.5 Å². The first-order valence-electron chi connectivity index (χ1n) is 7.98. The lowest BCUT2D eigenvalue weighted by Gasteiger charge is -2.21. The standard InChI is InChI=1S/C20H17BrO5/c1-25-13-9-15-17(16(10-13)26-2)18(22)14(19(23)20(15)24)8-5-11-3-6-12(21)7-4-11/h3-4,6-7,9-10,22H,5,8H2,1-2H3.